The van der Waals surface area contributed by atoms with Gasteiger partial charge in [-0.2, -0.15) is 0 Å². The second-order valence-corrected chi connectivity index (χ2v) is 4.16. The first kappa shape index (κ1) is 14.2. The lowest BCUT2D eigenvalue weighted by Crippen LogP contribution is -2.17. The summed E-state index contributed by atoms with van der Waals surface area (Å²) in [5.41, 5.74) is 1.73. The Morgan fingerprint density at radius 3 is 2.55 bits per heavy atom. The fourth-order valence-electron chi connectivity index (χ4n) is 1.75. The minimum atomic E-state index is -4.66. The molecule has 2 rings (SSSR count). The van der Waals surface area contributed by atoms with Crippen molar-refractivity contribution in [2.45, 2.75) is 12.8 Å². The number of rotatable bonds is 5. The van der Waals surface area contributed by atoms with Crippen LogP contribution < -0.4 is 10.1 Å². The van der Waals surface area contributed by atoms with Gasteiger partial charge < -0.3 is 10.1 Å². The first-order valence-electron chi connectivity index (χ1n) is 6.08. The van der Waals surface area contributed by atoms with Crippen LogP contribution in [0.2, 0.25) is 0 Å². The summed E-state index contributed by atoms with van der Waals surface area (Å²) >= 11 is 0. The van der Waals surface area contributed by atoms with Crippen molar-refractivity contribution in [3.05, 3.63) is 60.2 Å². The van der Waals surface area contributed by atoms with Gasteiger partial charge >= 0.3 is 6.36 Å². The van der Waals surface area contributed by atoms with Gasteiger partial charge in [0.1, 0.15) is 5.75 Å². The number of benzene rings is 2. The number of hydrogen-bond donors (Lipinski definition) is 1. The maximum absolute atomic E-state index is 12.1. The molecule has 0 atom stereocenters. The highest BCUT2D eigenvalue weighted by atomic mass is 19.4. The van der Waals surface area contributed by atoms with Crippen molar-refractivity contribution in [2.75, 3.05) is 11.9 Å². The Morgan fingerprint density at radius 2 is 1.85 bits per heavy atom. The van der Waals surface area contributed by atoms with Gasteiger partial charge in [-0.3, -0.25) is 0 Å². The third-order valence-corrected chi connectivity index (χ3v) is 2.59. The summed E-state index contributed by atoms with van der Waals surface area (Å²) in [6.07, 6.45) is -4.05. The highest BCUT2D eigenvalue weighted by molar-refractivity contribution is 5.42. The largest absolute Gasteiger partial charge is 0.573 e. The van der Waals surface area contributed by atoms with E-state index in [2.05, 4.69) is 16.1 Å². The number of alkyl halides is 3. The summed E-state index contributed by atoms with van der Waals surface area (Å²) < 4.78 is 40.2. The molecule has 0 aliphatic carbocycles. The zero-order valence-electron chi connectivity index (χ0n) is 10.6. The Balaban J connectivity index is 1.88. The van der Waals surface area contributed by atoms with E-state index in [0.29, 0.717) is 13.0 Å². The van der Waals surface area contributed by atoms with Crippen LogP contribution in [0.1, 0.15) is 5.56 Å². The molecule has 0 heterocycles. The molecule has 0 aliphatic rings. The van der Waals surface area contributed by atoms with Crippen molar-refractivity contribution in [1.29, 1.82) is 0 Å². The normalized spacial score (nSPS) is 11.2. The van der Waals surface area contributed by atoms with E-state index < -0.39 is 6.36 Å². The number of nitrogens with one attached hydrogen (secondary N) is 1. The van der Waals surface area contributed by atoms with Gasteiger partial charge in [0.25, 0.3) is 0 Å². The summed E-state index contributed by atoms with van der Waals surface area (Å²) in [7, 11) is 0. The molecule has 0 spiro atoms. The molecule has 0 saturated heterocycles. The van der Waals surface area contributed by atoms with Crippen LogP contribution in [-0.4, -0.2) is 12.9 Å². The Bertz CT molecular complexity index is 540. The van der Waals surface area contributed by atoms with Crippen molar-refractivity contribution >= 4 is 5.69 Å². The zero-order valence-corrected chi connectivity index (χ0v) is 10.6. The van der Waals surface area contributed by atoms with Crippen molar-refractivity contribution in [1.82, 2.24) is 0 Å². The Hall–Kier alpha value is -2.17. The second kappa shape index (κ2) is 6.32. The number of ether oxygens (including phenoxy) is 1. The van der Waals surface area contributed by atoms with Gasteiger partial charge in [0, 0.05) is 12.2 Å². The molecule has 1 radical (unpaired) electrons. The van der Waals surface area contributed by atoms with E-state index in [9.17, 15) is 13.2 Å². The maximum Gasteiger partial charge on any atom is 0.573 e. The topological polar surface area (TPSA) is 21.3 Å². The van der Waals surface area contributed by atoms with Crippen LogP contribution in [0.5, 0.6) is 5.75 Å². The van der Waals surface area contributed by atoms with E-state index in [0.717, 1.165) is 11.3 Å². The van der Waals surface area contributed by atoms with Gasteiger partial charge in [-0.1, -0.05) is 24.3 Å². The Morgan fingerprint density at radius 1 is 1.10 bits per heavy atom. The summed E-state index contributed by atoms with van der Waals surface area (Å²) in [6.45, 7) is 0.624. The lowest BCUT2D eigenvalue weighted by molar-refractivity contribution is -0.274. The van der Waals surface area contributed by atoms with Crippen molar-refractivity contribution in [2.24, 2.45) is 0 Å². The van der Waals surface area contributed by atoms with E-state index in [-0.39, 0.29) is 5.75 Å². The van der Waals surface area contributed by atoms with Gasteiger partial charge in [0.05, 0.1) is 0 Å². The monoisotopic (exact) mass is 280 g/mol. The Kier molecular flexibility index (Phi) is 4.50. The fourth-order valence-corrected chi connectivity index (χ4v) is 1.75. The minimum Gasteiger partial charge on any atom is -0.406 e. The van der Waals surface area contributed by atoms with Crippen molar-refractivity contribution in [3.8, 4) is 5.75 Å². The van der Waals surface area contributed by atoms with Crippen LogP contribution in [-0.2, 0) is 6.42 Å². The number of hydrogen-bond acceptors (Lipinski definition) is 2. The molecule has 0 bridgehead atoms. The van der Waals surface area contributed by atoms with E-state index in [1.54, 1.807) is 24.3 Å². The molecule has 2 aromatic rings. The lowest BCUT2D eigenvalue weighted by Gasteiger charge is -2.10. The quantitative estimate of drug-likeness (QED) is 0.892. The molecule has 0 fully saturated rings. The first-order chi connectivity index (χ1) is 9.53. The lowest BCUT2D eigenvalue weighted by atomic mass is 10.1. The molecule has 2 aromatic carbocycles. The average Bonchev–Trinajstić information content (AvgIpc) is 2.38. The number of halogens is 3. The third-order valence-electron chi connectivity index (χ3n) is 2.59. The predicted molar refractivity (Wildman–Crippen MR) is 70.6 cm³/mol. The molecule has 0 saturated carbocycles. The van der Waals surface area contributed by atoms with Crippen LogP contribution in [0.25, 0.3) is 0 Å². The third kappa shape index (κ3) is 4.84. The summed E-state index contributed by atoms with van der Waals surface area (Å²) in [5.74, 6) is -0.190. The summed E-state index contributed by atoms with van der Waals surface area (Å²) in [6, 6.07) is 16.2. The van der Waals surface area contributed by atoms with Gasteiger partial charge in [0.2, 0.25) is 0 Å². The SMILES string of the molecule is FC(F)(F)Oc1cccc(CCNc2cc[c]cc2)c1. The van der Waals surface area contributed by atoms with Crippen LogP contribution >= 0.6 is 0 Å². The Labute approximate surface area is 115 Å². The van der Waals surface area contributed by atoms with Crippen LogP contribution in [0.4, 0.5) is 18.9 Å². The molecule has 0 unspecified atom stereocenters. The molecule has 0 aliphatic heterocycles. The highest BCUT2D eigenvalue weighted by Crippen LogP contribution is 2.23. The molecule has 0 aromatic heterocycles. The standard InChI is InChI=1S/C15H13F3NO/c16-15(17,18)20-14-8-4-5-12(11-14)9-10-19-13-6-2-1-3-7-13/h2-8,11,19H,9-10H2. The van der Waals surface area contributed by atoms with E-state index in [4.69, 9.17) is 0 Å². The molecule has 20 heavy (non-hydrogen) atoms. The van der Waals surface area contributed by atoms with Gasteiger partial charge in [-0.05, 0) is 42.3 Å². The van der Waals surface area contributed by atoms with Crippen molar-refractivity contribution < 1.29 is 17.9 Å². The summed E-state index contributed by atoms with van der Waals surface area (Å²) in [4.78, 5) is 0. The predicted octanol–water partition coefficient (Wildman–Crippen LogP) is 4.04. The van der Waals surface area contributed by atoms with Crippen LogP contribution in [0.3, 0.4) is 0 Å². The second-order valence-electron chi connectivity index (χ2n) is 4.16. The molecular weight excluding hydrogens is 267 g/mol. The fraction of sp³-hybridized carbons (Fsp3) is 0.200. The molecule has 0 amide bonds. The molecule has 1 N–H and O–H groups in total. The molecule has 5 heteroatoms. The summed E-state index contributed by atoms with van der Waals surface area (Å²) in [5, 5.41) is 3.18. The van der Waals surface area contributed by atoms with E-state index in [1.807, 2.05) is 12.1 Å². The van der Waals surface area contributed by atoms with E-state index >= 15 is 0 Å². The van der Waals surface area contributed by atoms with Gasteiger partial charge in [-0.25, -0.2) is 0 Å². The molecule has 2 nitrogen and oxygen atoms in total. The van der Waals surface area contributed by atoms with Gasteiger partial charge in [-0.15, -0.1) is 13.2 Å². The smallest absolute Gasteiger partial charge is 0.406 e. The van der Waals surface area contributed by atoms with Crippen molar-refractivity contribution in [3.63, 3.8) is 0 Å². The zero-order chi connectivity index (χ0) is 14.4. The van der Waals surface area contributed by atoms with E-state index in [1.165, 1.54) is 12.1 Å². The van der Waals surface area contributed by atoms with Gasteiger partial charge in [0.15, 0.2) is 0 Å². The first-order valence-corrected chi connectivity index (χ1v) is 6.08. The minimum absolute atomic E-state index is 0.190. The molecular formula is C15H13F3NO. The van der Waals surface area contributed by atoms with Crippen LogP contribution in [0, 0.1) is 6.07 Å². The number of anilines is 1. The van der Waals surface area contributed by atoms with Crippen LogP contribution in [0.15, 0.2) is 48.5 Å². The maximum atomic E-state index is 12.1. The average molecular weight is 280 g/mol. The molecule has 105 valence electrons. The highest BCUT2D eigenvalue weighted by Gasteiger charge is 2.31.